The van der Waals surface area contributed by atoms with Crippen LogP contribution in [0.2, 0.25) is 10.0 Å². The van der Waals surface area contributed by atoms with E-state index in [9.17, 15) is 46.7 Å². The van der Waals surface area contributed by atoms with Crippen LogP contribution in [0.1, 0.15) is 143 Å². The van der Waals surface area contributed by atoms with E-state index >= 15 is 0 Å². The molecule has 696 valence electrons. The van der Waals surface area contributed by atoms with Gasteiger partial charge in [-0.05, 0) is 214 Å². The molecule has 10 aromatic rings. The zero-order valence-electron chi connectivity index (χ0n) is 76.0. The Balaban J connectivity index is 0.000000184. The number of hydrogen-bond acceptors (Lipinski definition) is 23. The summed E-state index contributed by atoms with van der Waals surface area (Å²) in [6.45, 7) is 31.2. The highest BCUT2D eigenvalue weighted by molar-refractivity contribution is 7.90. The first-order valence-corrected chi connectivity index (χ1v) is 49.3. The number of allylic oxidation sites excluding steroid dienone is 2. The van der Waals surface area contributed by atoms with Crippen molar-refractivity contribution in [3.8, 4) is 34.5 Å². The van der Waals surface area contributed by atoms with Crippen LogP contribution in [0.5, 0.6) is 34.5 Å². The largest absolute Gasteiger partial charge is 0.493 e. The number of nitro groups is 2. The Bertz CT molecular complexity index is 6340. The molecule has 18 rings (SSSR count). The second kappa shape index (κ2) is 38.5. The molecule has 33 heteroatoms. The molecule has 6 aromatic carbocycles. The molecular formula is C99H115Cl2N15O14S2. The summed E-state index contributed by atoms with van der Waals surface area (Å²) in [5, 5.41) is 27.9. The predicted octanol–water partition coefficient (Wildman–Crippen LogP) is 17.5. The number of likely N-dealkylation sites (tertiary alicyclic amines) is 1. The number of carbonyl (C=O) groups is 2. The fourth-order valence-electron chi connectivity index (χ4n) is 19.8. The van der Waals surface area contributed by atoms with Gasteiger partial charge in [0.25, 0.3) is 43.2 Å². The number of ether oxygens (including phenoxy) is 4. The summed E-state index contributed by atoms with van der Waals surface area (Å²) in [6, 6.07) is 38.9. The number of carbonyl (C=O) groups excluding carboxylic acids is 2. The van der Waals surface area contributed by atoms with E-state index in [4.69, 9.17) is 42.1 Å². The quantitative estimate of drug-likeness (QED) is 0.0289. The van der Waals surface area contributed by atoms with Gasteiger partial charge < -0.3 is 53.4 Å². The minimum atomic E-state index is -4.63. The molecule has 29 nitrogen and oxygen atoms in total. The minimum Gasteiger partial charge on any atom is -0.493 e. The van der Waals surface area contributed by atoms with Crippen LogP contribution in [0, 0.1) is 48.3 Å². The van der Waals surface area contributed by atoms with Crippen LogP contribution in [0.25, 0.3) is 33.2 Å². The number of sulfonamides is 2. The van der Waals surface area contributed by atoms with Gasteiger partial charge >= 0.3 is 0 Å². The molecule has 4 saturated heterocycles. The van der Waals surface area contributed by atoms with Crippen molar-refractivity contribution in [3.63, 3.8) is 0 Å². The SMILES string of the molecule is CC1(C)CCC(CN2CCN(c3ccc(C(=O)NS(=O)(=O)c4cc5c(c([N+](=O)[O-])c4)C[C@@H](CCN4CC(C)(C)C4)CO5)c(Oc4cnc5[nH]ccc5c4)c3)CC2)=C(c2ccc(Cl)cc2)C1.C[C@@H]1CN(CC[C@H]2COc3cc(S(=O)(=O)NC(=O)c4ccc(N5CCN(CC6=C(c7ccc(Cl)cc7)CC(C)(C)CC6)CC5)cc4Oc4cnc5[nH]ccc5c4)cc([N+](=O)[O-])c3C2)CCN1C. The van der Waals surface area contributed by atoms with Gasteiger partial charge in [0.05, 0.1) is 67.5 Å². The van der Waals surface area contributed by atoms with Crippen molar-refractivity contribution in [2.24, 2.45) is 28.1 Å². The van der Waals surface area contributed by atoms with Crippen molar-refractivity contribution in [1.82, 2.24) is 53.9 Å². The lowest BCUT2D eigenvalue weighted by Crippen LogP contribution is -2.53. The van der Waals surface area contributed by atoms with Gasteiger partial charge in [0.1, 0.15) is 45.8 Å². The number of hydrogen-bond donors (Lipinski definition) is 4. The smallest absolute Gasteiger partial charge is 0.277 e. The Morgan fingerprint density at radius 1 is 0.530 bits per heavy atom. The number of nitrogens with zero attached hydrogens (tertiary/aromatic N) is 11. The van der Waals surface area contributed by atoms with Crippen LogP contribution in [-0.4, -0.2) is 220 Å². The van der Waals surface area contributed by atoms with Gasteiger partial charge in [-0.25, -0.2) is 36.2 Å². The summed E-state index contributed by atoms with van der Waals surface area (Å²) in [5.41, 5.74) is 11.8. The monoisotopic (exact) mass is 1870 g/mol. The van der Waals surface area contributed by atoms with Gasteiger partial charge in [0, 0.05) is 185 Å². The average molecular weight is 1870 g/mol. The molecule has 3 atom stereocenters. The molecule has 0 spiro atoms. The number of anilines is 2. The van der Waals surface area contributed by atoms with E-state index < -0.39 is 51.5 Å². The number of nitro benzene ring substituents is 2. The highest BCUT2D eigenvalue weighted by Gasteiger charge is 2.40. The first kappa shape index (κ1) is 92.8. The van der Waals surface area contributed by atoms with Crippen molar-refractivity contribution in [3.05, 3.63) is 233 Å². The van der Waals surface area contributed by atoms with Crippen LogP contribution in [-0.2, 0) is 32.9 Å². The molecular weight excluding hydrogens is 1760 g/mol. The molecule has 0 bridgehead atoms. The Kier molecular flexibility index (Phi) is 27.1. The second-order valence-corrected chi connectivity index (χ2v) is 43.4. The maximum atomic E-state index is 14.1. The van der Waals surface area contributed by atoms with E-state index in [2.05, 4.69) is 143 Å². The topological polar surface area (TPSA) is 330 Å². The molecule has 0 unspecified atom stereocenters. The van der Waals surface area contributed by atoms with Crippen LogP contribution in [0.3, 0.4) is 0 Å². The van der Waals surface area contributed by atoms with Gasteiger partial charge in [-0.1, -0.05) is 100 Å². The molecule has 10 heterocycles. The number of amides is 2. The summed E-state index contributed by atoms with van der Waals surface area (Å²) in [5.74, 6) is -0.603. The second-order valence-electron chi connectivity index (χ2n) is 39.2. The fraction of sp³-hybridized carbons (Fsp3) is 0.434. The molecule has 2 aliphatic carbocycles. The number of aromatic amines is 2. The summed E-state index contributed by atoms with van der Waals surface area (Å²) in [4.78, 5) is 82.5. The van der Waals surface area contributed by atoms with Crippen LogP contribution < -0.4 is 38.2 Å². The molecule has 132 heavy (non-hydrogen) atoms. The maximum Gasteiger partial charge on any atom is 0.277 e. The van der Waals surface area contributed by atoms with Gasteiger partial charge in [-0.3, -0.25) is 39.6 Å². The third-order valence-electron chi connectivity index (χ3n) is 27.5. The summed E-state index contributed by atoms with van der Waals surface area (Å²) in [6.07, 6.45) is 15.4. The van der Waals surface area contributed by atoms with E-state index in [-0.39, 0.29) is 68.2 Å². The Morgan fingerprint density at radius 2 is 0.947 bits per heavy atom. The Morgan fingerprint density at radius 3 is 1.36 bits per heavy atom. The van der Waals surface area contributed by atoms with Crippen LogP contribution >= 0.6 is 23.2 Å². The number of pyridine rings is 2. The molecule has 0 saturated carbocycles. The first-order chi connectivity index (χ1) is 63.0. The predicted molar refractivity (Wildman–Crippen MR) is 513 cm³/mol. The first-order valence-electron chi connectivity index (χ1n) is 45.6. The van der Waals surface area contributed by atoms with Crippen molar-refractivity contribution >= 4 is 111 Å². The van der Waals surface area contributed by atoms with Crippen LogP contribution in [0.4, 0.5) is 22.7 Å². The number of likely N-dealkylation sites (N-methyl/N-ethyl adjacent to an activating group) is 1. The van der Waals surface area contributed by atoms with Crippen LogP contribution in [0.15, 0.2) is 179 Å². The molecule has 8 aliphatic rings. The number of fused-ring (bicyclic) bond motifs is 4. The number of benzene rings is 6. The number of rotatable bonds is 26. The third kappa shape index (κ3) is 21.8. The summed E-state index contributed by atoms with van der Waals surface area (Å²) in [7, 11) is -7.12. The normalized spacial score (nSPS) is 20.3. The zero-order chi connectivity index (χ0) is 92.7. The van der Waals surface area contributed by atoms with Gasteiger partial charge in [0.2, 0.25) is 0 Å². The standard InChI is InChI=1S/C50H59ClN8O7S.C49H56ClN7O7S/c1-33-30-56(18-17-55(33)4)16-13-34-23-43-45(59(61)62)26-41(27-46(43)65-32-34)67(63,64)54-49(60)42-10-9-39(25-47(42)66-40-24-36-12-15-52-48(36)53-29-40)58-21-19-57(20-22-58)31-37-11-14-50(2,3)28-44(37)35-5-7-38(51)8-6-35;1-48(2)14-11-35(42(26-48)33-5-7-36(50)8-6-33)28-54-17-19-56(20-18-54)37-9-10-40(45(23-37)64-38-22-34-12-15-51-46(34)52-27-38)47(58)53-65(61,62)39-24-43(57(59)60)41-21-32(29-63-44(41)25-39)13-16-55-30-49(3,4)31-55/h5-10,12,15,24-27,29,33-34H,11,13-14,16-23,28,30-32H2,1-4H3,(H,52,53)(H,54,60);5-10,12,15,22-25,27,32H,11,13-14,16-21,26,28-31H2,1-4H3,(H,51,52)(H,53,58)/t33-,34-;32-/m11/s1. The van der Waals surface area contributed by atoms with Crippen molar-refractivity contribution in [1.29, 1.82) is 0 Å². The molecule has 4 aromatic heterocycles. The molecule has 0 radical (unpaired) electrons. The van der Waals surface area contributed by atoms with E-state index in [1.54, 1.807) is 60.9 Å². The van der Waals surface area contributed by atoms with Gasteiger partial charge in [-0.2, -0.15) is 0 Å². The highest BCUT2D eigenvalue weighted by Crippen LogP contribution is 2.48. The highest BCUT2D eigenvalue weighted by atomic mass is 35.5. The zero-order valence-corrected chi connectivity index (χ0v) is 79.1. The van der Waals surface area contributed by atoms with E-state index in [0.29, 0.717) is 71.4 Å². The van der Waals surface area contributed by atoms with Gasteiger partial charge in [-0.15, -0.1) is 0 Å². The van der Waals surface area contributed by atoms with E-state index in [1.807, 2.05) is 36.4 Å². The Labute approximate surface area is 780 Å². The maximum absolute atomic E-state index is 14.1. The number of piperazine rings is 3. The van der Waals surface area contributed by atoms with Crippen molar-refractivity contribution < 1.29 is 55.2 Å². The molecule has 2 amide bonds. The molecule has 6 aliphatic heterocycles. The van der Waals surface area contributed by atoms with Crippen molar-refractivity contribution in [2.45, 2.75) is 129 Å². The van der Waals surface area contributed by atoms with E-state index in [0.717, 1.165) is 207 Å². The number of halogens is 2. The molecule has 4 N–H and O–H groups in total. The summed E-state index contributed by atoms with van der Waals surface area (Å²) < 4.78 is 84.9. The lowest BCUT2D eigenvalue weighted by atomic mass is 9.72. The third-order valence-corrected chi connectivity index (χ3v) is 30.6. The number of nitrogens with one attached hydrogen (secondary N) is 4. The van der Waals surface area contributed by atoms with Crippen molar-refractivity contribution in [2.75, 3.05) is 141 Å². The summed E-state index contributed by atoms with van der Waals surface area (Å²) >= 11 is 12.5. The minimum absolute atomic E-state index is 0.0303. The average Bonchev–Trinajstić information content (AvgIpc) is 0.919. The number of aromatic nitrogens is 4. The Hall–Kier alpha value is -11.0. The molecule has 4 fully saturated rings. The van der Waals surface area contributed by atoms with E-state index in [1.165, 1.54) is 57.9 Å². The number of H-pyrrole nitrogens is 2. The van der Waals surface area contributed by atoms with Gasteiger partial charge in [0.15, 0.2) is 0 Å². The lowest BCUT2D eigenvalue weighted by Gasteiger charge is -2.46. The lowest BCUT2D eigenvalue weighted by molar-refractivity contribution is -0.386. The fourth-order valence-corrected chi connectivity index (χ4v) is 22.1.